The lowest BCUT2D eigenvalue weighted by Crippen LogP contribution is -2.13. The molecule has 0 aliphatic rings. The fourth-order valence-corrected chi connectivity index (χ4v) is 1.28. The first-order chi connectivity index (χ1) is 7.70. The van der Waals surface area contributed by atoms with Gasteiger partial charge in [-0.1, -0.05) is 0 Å². The van der Waals surface area contributed by atoms with Crippen molar-refractivity contribution in [2.45, 2.75) is 0 Å². The van der Waals surface area contributed by atoms with Gasteiger partial charge in [-0.05, 0) is 30.3 Å². The number of carbonyl (C=O) groups excluding carboxylic acids is 1. The van der Waals surface area contributed by atoms with Gasteiger partial charge in [-0.2, -0.15) is 5.10 Å². The molecule has 0 saturated heterocycles. The highest BCUT2D eigenvalue weighted by Crippen LogP contribution is 2.15. The van der Waals surface area contributed by atoms with Gasteiger partial charge in [-0.3, -0.25) is 9.59 Å². The molecule has 4 nitrogen and oxygen atoms in total. The molecule has 0 spiro atoms. The molecular formula is C11H7FN2O2. The van der Waals surface area contributed by atoms with E-state index in [1.54, 1.807) is 0 Å². The van der Waals surface area contributed by atoms with Gasteiger partial charge >= 0.3 is 0 Å². The third kappa shape index (κ3) is 1.88. The second kappa shape index (κ2) is 4.06. The number of hydrogen-bond donors (Lipinski definition) is 1. The fourth-order valence-electron chi connectivity index (χ4n) is 1.28. The Hall–Kier alpha value is -2.30. The molecule has 0 atom stereocenters. The monoisotopic (exact) mass is 218 g/mol. The van der Waals surface area contributed by atoms with Gasteiger partial charge in [0.2, 0.25) is 0 Å². The van der Waals surface area contributed by atoms with Crippen LogP contribution in [0, 0.1) is 5.82 Å². The first-order valence-electron chi connectivity index (χ1n) is 4.51. The van der Waals surface area contributed by atoms with E-state index in [2.05, 4.69) is 10.2 Å². The van der Waals surface area contributed by atoms with Crippen molar-refractivity contribution in [2.75, 3.05) is 0 Å². The second-order valence-electron chi connectivity index (χ2n) is 3.16. The molecule has 80 valence electrons. The molecule has 2 aromatic rings. The summed E-state index contributed by atoms with van der Waals surface area (Å²) in [4.78, 5) is 21.6. The van der Waals surface area contributed by atoms with E-state index < -0.39 is 5.56 Å². The highest BCUT2D eigenvalue weighted by atomic mass is 19.1. The molecule has 0 fully saturated rings. The molecule has 5 heteroatoms. The quantitative estimate of drug-likeness (QED) is 0.774. The molecule has 0 radical (unpaired) electrons. The molecule has 0 unspecified atom stereocenters. The van der Waals surface area contributed by atoms with Crippen molar-refractivity contribution >= 4 is 6.29 Å². The van der Waals surface area contributed by atoms with Crippen molar-refractivity contribution in [3.8, 4) is 11.3 Å². The number of hydrogen-bond acceptors (Lipinski definition) is 3. The van der Waals surface area contributed by atoms with Crippen molar-refractivity contribution < 1.29 is 9.18 Å². The number of carbonyl (C=O) groups is 1. The zero-order valence-corrected chi connectivity index (χ0v) is 8.11. The van der Waals surface area contributed by atoms with Crippen molar-refractivity contribution in [1.29, 1.82) is 0 Å². The summed E-state index contributed by atoms with van der Waals surface area (Å²) in [7, 11) is 0. The lowest BCUT2D eigenvalue weighted by atomic mass is 10.1. The molecule has 0 saturated carbocycles. The van der Waals surface area contributed by atoms with E-state index in [0.29, 0.717) is 17.5 Å². The number of halogens is 1. The van der Waals surface area contributed by atoms with E-state index in [0.717, 1.165) is 0 Å². The summed E-state index contributed by atoms with van der Waals surface area (Å²) in [5.74, 6) is -0.358. The van der Waals surface area contributed by atoms with Crippen LogP contribution in [0.3, 0.4) is 0 Å². The number of benzene rings is 1. The number of aldehydes is 1. The van der Waals surface area contributed by atoms with Gasteiger partial charge in [-0.15, -0.1) is 0 Å². The van der Waals surface area contributed by atoms with Crippen LogP contribution < -0.4 is 5.56 Å². The molecule has 0 aliphatic heterocycles. The Morgan fingerprint density at radius 2 is 1.94 bits per heavy atom. The van der Waals surface area contributed by atoms with Crippen molar-refractivity contribution in [3.63, 3.8) is 0 Å². The number of H-pyrrole nitrogens is 1. The summed E-state index contributed by atoms with van der Waals surface area (Å²) in [6.45, 7) is 0. The smallest absolute Gasteiger partial charge is 0.274 e. The van der Waals surface area contributed by atoms with E-state index in [1.807, 2.05) is 0 Å². The largest absolute Gasteiger partial charge is 0.298 e. The van der Waals surface area contributed by atoms with Crippen molar-refractivity contribution in [1.82, 2.24) is 10.2 Å². The lowest BCUT2D eigenvalue weighted by Gasteiger charge is -2.00. The van der Waals surface area contributed by atoms with Gasteiger partial charge in [0.15, 0.2) is 6.29 Å². The summed E-state index contributed by atoms with van der Waals surface area (Å²) in [6.07, 6.45) is 0.452. The van der Waals surface area contributed by atoms with Crippen LogP contribution in [0.15, 0.2) is 35.1 Å². The van der Waals surface area contributed by atoms with E-state index in [4.69, 9.17) is 0 Å². The summed E-state index contributed by atoms with van der Waals surface area (Å²) in [5, 5.41) is 5.97. The number of aromatic amines is 1. The van der Waals surface area contributed by atoms with Gasteiger partial charge in [-0.25, -0.2) is 9.49 Å². The Labute approximate surface area is 89.7 Å². The minimum atomic E-state index is -0.541. The molecule has 1 aromatic carbocycles. The standard InChI is InChI=1S/C11H7FN2O2/c12-9-3-1-7(2-4-9)10-5-8(6-15)11(16)14-13-10/h1-6H,(H,14,16). The van der Waals surface area contributed by atoms with E-state index >= 15 is 0 Å². The molecule has 0 bridgehead atoms. The minimum Gasteiger partial charge on any atom is -0.298 e. The SMILES string of the molecule is O=Cc1cc(-c2ccc(F)cc2)n[nH]c1=O. The maximum Gasteiger partial charge on any atom is 0.274 e. The van der Waals surface area contributed by atoms with Crippen LogP contribution in [0.2, 0.25) is 0 Å². The van der Waals surface area contributed by atoms with Gasteiger partial charge in [0.1, 0.15) is 5.82 Å². The van der Waals surface area contributed by atoms with Crippen LogP contribution in [-0.2, 0) is 0 Å². The molecule has 2 rings (SSSR count). The summed E-state index contributed by atoms with van der Waals surface area (Å²) in [5.41, 5.74) is 0.498. The van der Waals surface area contributed by atoms with Gasteiger partial charge < -0.3 is 0 Å². The zero-order chi connectivity index (χ0) is 11.5. The summed E-state index contributed by atoms with van der Waals surface area (Å²) >= 11 is 0. The molecular weight excluding hydrogens is 211 g/mol. The first-order valence-corrected chi connectivity index (χ1v) is 4.51. The van der Waals surface area contributed by atoms with Crippen LogP contribution >= 0.6 is 0 Å². The molecule has 1 N–H and O–H groups in total. The van der Waals surface area contributed by atoms with Gasteiger partial charge in [0.25, 0.3) is 5.56 Å². The van der Waals surface area contributed by atoms with Crippen LogP contribution in [0.25, 0.3) is 11.3 Å². The third-order valence-corrected chi connectivity index (χ3v) is 2.10. The Balaban J connectivity index is 2.52. The Bertz CT molecular complexity index is 575. The Morgan fingerprint density at radius 1 is 1.25 bits per heavy atom. The average molecular weight is 218 g/mol. The molecule has 0 amide bonds. The highest BCUT2D eigenvalue weighted by Gasteiger charge is 2.04. The minimum absolute atomic E-state index is 0.00525. The molecule has 1 aromatic heterocycles. The van der Waals surface area contributed by atoms with E-state index in [1.165, 1.54) is 30.3 Å². The zero-order valence-electron chi connectivity index (χ0n) is 8.11. The third-order valence-electron chi connectivity index (χ3n) is 2.10. The Morgan fingerprint density at radius 3 is 2.56 bits per heavy atom. The normalized spacial score (nSPS) is 10.1. The molecule has 1 heterocycles. The highest BCUT2D eigenvalue weighted by molar-refractivity contribution is 5.76. The second-order valence-corrected chi connectivity index (χ2v) is 3.16. The lowest BCUT2D eigenvalue weighted by molar-refractivity contribution is 0.112. The van der Waals surface area contributed by atoms with Crippen LogP contribution in [-0.4, -0.2) is 16.5 Å². The van der Waals surface area contributed by atoms with Gasteiger partial charge in [0.05, 0.1) is 11.3 Å². The fraction of sp³-hybridized carbons (Fsp3) is 0. The van der Waals surface area contributed by atoms with Crippen LogP contribution in [0.5, 0.6) is 0 Å². The predicted octanol–water partition coefficient (Wildman–Crippen LogP) is 1.39. The number of nitrogens with zero attached hydrogens (tertiary/aromatic N) is 1. The number of aromatic nitrogens is 2. The number of nitrogens with one attached hydrogen (secondary N) is 1. The number of rotatable bonds is 2. The van der Waals surface area contributed by atoms with Crippen LogP contribution in [0.4, 0.5) is 4.39 Å². The average Bonchev–Trinajstić information content (AvgIpc) is 2.31. The summed E-state index contributed by atoms with van der Waals surface area (Å²) in [6, 6.07) is 6.96. The van der Waals surface area contributed by atoms with E-state index in [9.17, 15) is 14.0 Å². The van der Waals surface area contributed by atoms with Gasteiger partial charge in [0, 0.05) is 5.56 Å². The predicted molar refractivity (Wildman–Crippen MR) is 55.6 cm³/mol. The summed E-state index contributed by atoms with van der Waals surface area (Å²) < 4.78 is 12.7. The first kappa shape index (κ1) is 10.2. The maximum atomic E-state index is 12.7. The molecule has 16 heavy (non-hydrogen) atoms. The van der Waals surface area contributed by atoms with Crippen LogP contribution in [0.1, 0.15) is 10.4 Å². The topological polar surface area (TPSA) is 62.8 Å². The Kier molecular flexibility index (Phi) is 2.59. The van der Waals surface area contributed by atoms with E-state index in [-0.39, 0.29) is 11.4 Å². The maximum absolute atomic E-state index is 12.7. The van der Waals surface area contributed by atoms with Crippen molar-refractivity contribution in [2.24, 2.45) is 0 Å². The molecule has 0 aliphatic carbocycles. The van der Waals surface area contributed by atoms with Crippen molar-refractivity contribution in [3.05, 3.63) is 52.1 Å².